The number of likely N-dealkylation sites (tertiary alicyclic amines) is 1. The number of nitrogens with zero attached hydrogens (tertiary/aromatic N) is 2. The van der Waals surface area contributed by atoms with Crippen molar-refractivity contribution in [2.45, 2.75) is 45.3 Å². The molecule has 0 spiro atoms. The average Bonchev–Trinajstić information content (AvgIpc) is 2.22. The van der Waals surface area contributed by atoms with E-state index >= 15 is 0 Å². The van der Waals surface area contributed by atoms with Gasteiger partial charge < -0.3 is 10.2 Å². The summed E-state index contributed by atoms with van der Waals surface area (Å²) in [5, 5.41) is 3.57. The first-order valence-electron chi connectivity index (χ1n) is 6.75. The fraction of sp³-hybridized carbons (Fsp3) is 1.00. The lowest BCUT2D eigenvalue weighted by Gasteiger charge is -2.47. The van der Waals surface area contributed by atoms with Crippen molar-refractivity contribution in [3.63, 3.8) is 0 Å². The van der Waals surface area contributed by atoms with Crippen LogP contribution < -0.4 is 5.32 Å². The lowest BCUT2D eigenvalue weighted by Crippen LogP contribution is -2.61. The largest absolute Gasteiger partial charge is 0.311 e. The number of piperazine rings is 1. The van der Waals surface area contributed by atoms with E-state index < -0.39 is 0 Å². The van der Waals surface area contributed by atoms with Gasteiger partial charge in [-0.2, -0.15) is 0 Å². The molecule has 2 saturated heterocycles. The van der Waals surface area contributed by atoms with Gasteiger partial charge in [-0.15, -0.1) is 0 Å². The van der Waals surface area contributed by atoms with Crippen molar-refractivity contribution >= 4 is 0 Å². The maximum atomic E-state index is 3.57. The third-order valence-corrected chi connectivity index (χ3v) is 4.30. The molecule has 2 aliphatic rings. The van der Waals surface area contributed by atoms with E-state index in [1.54, 1.807) is 0 Å². The minimum Gasteiger partial charge on any atom is -0.311 e. The van der Waals surface area contributed by atoms with E-state index in [9.17, 15) is 0 Å². The van der Waals surface area contributed by atoms with Gasteiger partial charge >= 0.3 is 0 Å². The quantitative estimate of drug-likeness (QED) is 0.718. The SMILES string of the molecule is CC1CN(C2CCN(C)CC2C)C(C)CN1. The summed E-state index contributed by atoms with van der Waals surface area (Å²) in [6.45, 7) is 12.0. The van der Waals surface area contributed by atoms with Crippen LogP contribution in [0.15, 0.2) is 0 Å². The van der Waals surface area contributed by atoms with Crippen LogP contribution >= 0.6 is 0 Å². The summed E-state index contributed by atoms with van der Waals surface area (Å²) in [6, 6.07) is 2.16. The number of hydrogen-bond acceptors (Lipinski definition) is 3. The summed E-state index contributed by atoms with van der Waals surface area (Å²) in [4.78, 5) is 5.22. The maximum Gasteiger partial charge on any atom is 0.0196 e. The maximum absolute atomic E-state index is 3.57. The van der Waals surface area contributed by atoms with Crippen molar-refractivity contribution in [2.75, 3.05) is 33.2 Å². The molecule has 4 atom stereocenters. The van der Waals surface area contributed by atoms with Crippen molar-refractivity contribution in [1.82, 2.24) is 15.1 Å². The van der Waals surface area contributed by atoms with E-state index in [2.05, 4.69) is 42.9 Å². The van der Waals surface area contributed by atoms with E-state index in [1.807, 2.05) is 0 Å². The molecule has 1 N–H and O–H groups in total. The van der Waals surface area contributed by atoms with Crippen LogP contribution in [-0.4, -0.2) is 61.2 Å². The fourth-order valence-corrected chi connectivity index (χ4v) is 3.35. The molecule has 0 aliphatic carbocycles. The zero-order chi connectivity index (χ0) is 11.7. The van der Waals surface area contributed by atoms with Crippen molar-refractivity contribution in [2.24, 2.45) is 5.92 Å². The van der Waals surface area contributed by atoms with Gasteiger partial charge in [0.2, 0.25) is 0 Å². The summed E-state index contributed by atoms with van der Waals surface area (Å²) in [5.41, 5.74) is 0. The molecule has 2 rings (SSSR count). The Kier molecular flexibility index (Phi) is 3.88. The Bertz CT molecular complexity index is 231. The highest BCUT2D eigenvalue weighted by atomic mass is 15.3. The van der Waals surface area contributed by atoms with E-state index in [0.29, 0.717) is 12.1 Å². The molecule has 0 saturated carbocycles. The van der Waals surface area contributed by atoms with Crippen LogP contribution in [0.25, 0.3) is 0 Å². The normalized spacial score (nSPS) is 43.5. The van der Waals surface area contributed by atoms with Gasteiger partial charge in [0, 0.05) is 37.8 Å². The fourth-order valence-electron chi connectivity index (χ4n) is 3.35. The van der Waals surface area contributed by atoms with Gasteiger partial charge in [-0.05, 0) is 39.8 Å². The molecule has 3 nitrogen and oxygen atoms in total. The van der Waals surface area contributed by atoms with Crippen LogP contribution in [0.3, 0.4) is 0 Å². The minimum atomic E-state index is 0.656. The molecule has 16 heavy (non-hydrogen) atoms. The molecule has 2 fully saturated rings. The Balaban J connectivity index is 1.99. The summed E-state index contributed by atoms with van der Waals surface area (Å²) >= 11 is 0. The molecule has 0 amide bonds. The van der Waals surface area contributed by atoms with E-state index in [4.69, 9.17) is 0 Å². The van der Waals surface area contributed by atoms with E-state index in [1.165, 1.54) is 26.1 Å². The van der Waals surface area contributed by atoms with Crippen molar-refractivity contribution in [1.29, 1.82) is 0 Å². The van der Waals surface area contributed by atoms with Crippen LogP contribution in [-0.2, 0) is 0 Å². The zero-order valence-corrected chi connectivity index (χ0v) is 11.2. The van der Waals surface area contributed by atoms with Gasteiger partial charge in [0.15, 0.2) is 0 Å². The molecule has 0 radical (unpaired) electrons. The van der Waals surface area contributed by atoms with Crippen molar-refractivity contribution < 1.29 is 0 Å². The van der Waals surface area contributed by atoms with Crippen LogP contribution in [0.5, 0.6) is 0 Å². The van der Waals surface area contributed by atoms with E-state index in [0.717, 1.165) is 18.5 Å². The Labute approximate surface area is 100 Å². The van der Waals surface area contributed by atoms with Crippen molar-refractivity contribution in [3.8, 4) is 0 Å². The first-order chi connectivity index (χ1) is 7.58. The first-order valence-corrected chi connectivity index (χ1v) is 6.75. The molecule has 94 valence electrons. The zero-order valence-electron chi connectivity index (χ0n) is 11.2. The summed E-state index contributed by atoms with van der Waals surface area (Å²) in [5.74, 6) is 0.812. The first kappa shape index (κ1) is 12.3. The Hall–Kier alpha value is -0.120. The number of piperidine rings is 1. The van der Waals surface area contributed by atoms with Crippen LogP contribution in [0.2, 0.25) is 0 Å². The second kappa shape index (κ2) is 5.03. The van der Waals surface area contributed by atoms with Crippen molar-refractivity contribution in [3.05, 3.63) is 0 Å². The predicted octanol–water partition coefficient (Wildman–Crippen LogP) is 1.01. The molecule has 0 aromatic carbocycles. The number of hydrogen-bond donors (Lipinski definition) is 1. The van der Waals surface area contributed by atoms with Crippen LogP contribution in [0, 0.1) is 5.92 Å². The molecule has 2 heterocycles. The standard InChI is InChI=1S/C13H27N3/c1-10-8-15(4)6-5-13(10)16-9-11(2)14-7-12(16)3/h10-14H,5-9H2,1-4H3. The second-order valence-corrected chi connectivity index (χ2v) is 5.95. The lowest BCUT2D eigenvalue weighted by atomic mass is 9.90. The molecule has 0 aromatic rings. The number of nitrogens with one attached hydrogen (secondary N) is 1. The van der Waals surface area contributed by atoms with Gasteiger partial charge in [-0.3, -0.25) is 4.90 Å². The van der Waals surface area contributed by atoms with Gasteiger partial charge in [0.1, 0.15) is 0 Å². The second-order valence-electron chi connectivity index (χ2n) is 5.95. The third-order valence-electron chi connectivity index (χ3n) is 4.30. The third kappa shape index (κ3) is 2.58. The molecule has 4 unspecified atom stereocenters. The Morgan fingerprint density at radius 3 is 2.56 bits per heavy atom. The van der Waals surface area contributed by atoms with Gasteiger partial charge in [0.05, 0.1) is 0 Å². The summed E-state index contributed by atoms with van der Waals surface area (Å²) < 4.78 is 0. The Morgan fingerprint density at radius 1 is 1.12 bits per heavy atom. The highest BCUT2D eigenvalue weighted by molar-refractivity contribution is 4.91. The van der Waals surface area contributed by atoms with Crippen LogP contribution in [0.1, 0.15) is 27.2 Å². The summed E-state index contributed by atoms with van der Waals surface area (Å²) in [7, 11) is 2.25. The molecular formula is C13H27N3. The molecular weight excluding hydrogens is 198 g/mol. The highest BCUT2D eigenvalue weighted by Gasteiger charge is 2.34. The van der Waals surface area contributed by atoms with E-state index in [-0.39, 0.29) is 0 Å². The van der Waals surface area contributed by atoms with Gasteiger partial charge in [-0.25, -0.2) is 0 Å². The minimum absolute atomic E-state index is 0.656. The lowest BCUT2D eigenvalue weighted by molar-refractivity contribution is 0.0257. The molecule has 2 aliphatic heterocycles. The van der Waals surface area contributed by atoms with Gasteiger partial charge in [-0.1, -0.05) is 6.92 Å². The summed E-state index contributed by atoms with van der Waals surface area (Å²) in [6.07, 6.45) is 1.34. The molecule has 0 bridgehead atoms. The highest BCUT2D eigenvalue weighted by Crippen LogP contribution is 2.24. The smallest absolute Gasteiger partial charge is 0.0196 e. The molecule has 3 heteroatoms. The van der Waals surface area contributed by atoms with Crippen LogP contribution in [0.4, 0.5) is 0 Å². The average molecular weight is 225 g/mol. The molecule has 0 aromatic heterocycles. The topological polar surface area (TPSA) is 18.5 Å². The number of rotatable bonds is 1. The predicted molar refractivity (Wildman–Crippen MR) is 68.7 cm³/mol. The monoisotopic (exact) mass is 225 g/mol. The Morgan fingerprint density at radius 2 is 1.88 bits per heavy atom. The van der Waals surface area contributed by atoms with Gasteiger partial charge in [0.25, 0.3) is 0 Å².